The molecule has 1 aromatic rings. The van der Waals surface area contributed by atoms with Gasteiger partial charge in [0.25, 0.3) is 5.56 Å². The highest BCUT2D eigenvalue weighted by atomic mass is 16.1. The molecule has 1 unspecified atom stereocenters. The average Bonchev–Trinajstić information content (AvgIpc) is 2.76. The molecule has 1 atom stereocenters. The number of anilines is 1. The molecule has 0 aromatic carbocycles. The van der Waals surface area contributed by atoms with E-state index >= 15 is 0 Å². The second-order valence-electron chi connectivity index (χ2n) is 4.52. The lowest BCUT2D eigenvalue weighted by molar-refractivity contribution is 0.230. The molecule has 0 bridgehead atoms. The van der Waals surface area contributed by atoms with Crippen LogP contribution in [0.3, 0.4) is 0 Å². The number of fused-ring (bicyclic) bond motifs is 1. The van der Waals surface area contributed by atoms with Crippen LogP contribution in [0.15, 0.2) is 17.2 Å². The molecule has 0 amide bonds. The van der Waals surface area contributed by atoms with Gasteiger partial charge in [-0.05, 0) is 19.4 Å². The Morgan fingerprint density at radius 2 is 2.31 bits per heavy atom. The Morgan fingerprint density at radius 3 is 3.19 bits per heavy atom. The van der Waals surface area contributed by atoms with Crippen LogP contribution in [0.5, 0.6) is 0 Å². The van der Waals surface area contributed by atoms with Gasteiger partial charge in [-0.3, -0.25) is 9.69 Å². The molecule has 1 aromatic heterocycles. The molecule has 3 rings (SSSR count). The van der Waals surface area contributed by atoms with Crippen molar-refractivity contribution in [1.29, 1.82) is 0 Å². The fourth-order valence-electron chi connectivity index (χ4n) is 2.75. The summed E-state index contributed by atoms with van der Waals surface area (Å²) in [7, 11) is 0. The number of rotatable bonds is 1. The summed E-state index contributed by atoms with van der Waals surface area (Å²) >= 11 is 0. The fraction of sp³-hybridized carbons (Fsp3) is 0.636. The van der Waals surface area contributed by atoms with Crippen LogP contribution < -0.4 is 10.5 Å². The van der Waals surface area contributed by atoms with Gasteiger partial charge < -0.3 is 9.88 Å². The highest BCUT2D eigenvalue weighted by Crippen LogP contribution is 2.22. The van der Waals surface area contributed by atoms with Crippen molar-refractivity contribution in [2.24, 2.45) is 0 Å². The number of hydrogen-bond donors (Lipinski definition) is 1. The van der Waals surface area contributed by atoms with Crippen molar-refractivity contribution in [3.05, 3.63) is 22.7 Å². The van der Waals surface area contributed by atoms with E-state index < -0.39 is 0 Å². The molecule has 0 spiro atoms. The molecule has 2 fully saturated rings. The Hall–Kier alpha value is -1.36. The van der Waals surface area contributed by atoms with E-state index in [2.05, 4.69) is 19.8 Å². The van der Waals surface area contributed by atoms with Crippen LogP contribution in [0, 0.1) is 0 Å². The normalized spacial score (nSPS) is 25.8. The zero-order chi connectivity index (χ0) is 11.0. The van der Waals surface area contributed by atoms with Gasteiger partial charge in [0.05, 0.1) is 0 Å². The Balaban J connectivity index is 1.82. The van der Waals surface area contributed by atoms with Gasteiger partial charge in [0.15, 0.2) is 5.82 Å². The van der Waals surface area contributed by atoms with E-state index in [-0.39, 0.29) is 5.56 Å². The van der Waals surface area contributed by atoms with Gasteiger partial charge in [-0.2, -0.15) is 0 Å². The van der Waals surface area contributed by atoms with Gasteiger partial charge in [-0.15, -0.1) is 0 Å². The zero-order valence-corrected chi connectivity index (χ0v) is 9.22. The van der Waals surface area contributed by atoms with E-state index in [9.17, 15) is 4.79 Å². The Kier molecular flexibility index (Phi) is 2.40. The molecule has 2 saturated heterocycles. The van der Waals surface area contributed by atoms with Crippen LogP contribution in [-0.2, 0) is 0 Å². The van der Waals surface area contributed by atoms with Crippen molar-refractivity contribution in [1.82, 2.24) is 14.9 Å². The molecule has 2 aliphatic rings. The van der Waals surface area contributed by atoms with Crippen LogP contribution in [-0.4, -0.2) is 47.1 Å². The predicted molar refractivity (Wildman–Crippen MR) is 61.7 cm³/mol. The van der Waals surface area contributed by atoms with Crippen LogP contribution in [0.4, 0.5) is 5.82 Å². The summed E-state index contributed by atoms with van der Waals surface area (Å²) in [5.74, 6) is 0.578. The maximum atomic E-state index is 11.6. The maximum absolute atomic E-state index is 11.6. The van der Waals surface area contributed by atoms with Gasteiger partial charge in [0, 0.05) is 38.1 Å². The lowest BCUT2D eigenvalue weighted by Gasteiger charge is -2.37. The summed E-state index contributed by atoms with van der Waals surface area (Å²) in [4.78, 5) is 23.1. The van der Waals surface area contributed by atoms with E-state index in [4.69, 9.17) is 0 Å². The monoisotopic (exact) mass is 220 g/mol. The molecule has 0 aliphatic carbocycles. The van der Waals surface area contributed by atoms with Crippen molar-refractivity contribution in [2.45, 2.75) is 18.9 Å². The van der Waals surface area contributed by atoms with Gasteiger partial charge in [-0.25, -0.2) is 4.98 Å². The van der Waals surface area contributed by atoms with Crippen LogP contribution in [0.2, 0.25) is 0 Å². The Bertz CT molecular complexity index is 430. The SMILES string of the molecule is O=c1[nH]ccnc1N1CCN2CCCC2C1. The summed E-state index contributed by atoms with van der Waals surface area (Å²) in [6.07, 6.45) is 5.77. The first-order valence-corrected chi connectivity index (χ1v) is 5.87. The average molecular weight is 220 g/mol. The van der Waals surface area contributed by atoms with E-state index in [1.807, 2.05) is 0 Å². The number of hydrogen-bond acceptors (Lipinski definition) is 4. The second-order valence-corrected chi connectivity index (χ2v) is 4.52. The minimum Gasteiger partial charge on any atom is -0.349 e. The first-order valence-electron chi connectivity index (χ1n) is 5.87. The van der Waals surface area contributed by atoms with E-state index in [1.165, 1.54) is 19.4 Å². The number of piperazine rings is 1. The minimum atomic E-state index is -0.0750. The fourth-order valence-corrected chi connectivity index (χ4v) is 2.75. The number of aromatic nitrogens is 2. The Labute approximate surface area is 94.1 Å². The molecule has 2 aliphatic heterocycles. The molecule has 0 saturated carbocycles. The summed E-state index contributed by atoms with van der Waals surface area (Å²) in [6, 6.07) is 0.621. The largest absolute Gasteiger partial charge is 0.349 e. The number of H-pyrrole nitrogens is 1. The number of nitrogens with one attached hydrogen (secondary N) is 1. The van der Waals surface area contributed by atoms with Crippen molar-refractivity contribution in [2.75, 3.05) is 31.1 Å². The van der Waals surface area contributed by atoms with Crippen molar-refractivity contribution in [3.63, 3.8) is 0 Å². The van der Waals surface area contributed by atoms with Crippen molar-refractivity contribution < 1.29 is 0 Å². The van der Waals surface area contributed by atoms with Crippen molar-refractivity contribution in [3.8, 4) is 0 Å². The van der Waals surface area contributed by atoms with Gasteiger partial charge in [0.1, 0.15) is 0 Å². The van der Waals surface area contributed by atoms with Crippen molar-refractivity contribution >= 4 is 5.82 Å². The van der Waals surface area contributed by atoms with Crippen LogP contribution in [0.1, 0.15) is 12.8 Å². The molecule has 3 heterocycles. The molecule has 5 heteroatoms. The zero-order valence-electron chi connectivity index (χ0n) is 9.22. The third-order valence-electron chi connectivity index (χ3n) is 3.58. The van der Waals surface area contributed by atoms with Gasteiger partial charge >= 0.3 is 0 Å². The topological polar surface area (TPSA) is 52.2 Å². The molecule has 16 heavy (non-hydrogen) atoms. The first kappa shape index (κ1) is 9.84. The number of nitrogens with zero attached hydrogens (tertiary/aromatic N) is 3. The first-order chi connectivity index (χ1) is 7.84. The molecule has 86 valence electrons. The van der Waals surface area contributed by atoms with E-state index in [1.54, 1.807) is 12.4 Å². The quantitative estimate of drug-likeness (QED) is 0.727. The molecular weight excluding hydrogens is 204 g/mol. The lowest BCUT2D eigenvalue weighted by Crippen LogP contribution is -2.51. The van der Waals surface area contributed by atoms with Crippen LogP contribution in [0.25, 0.3) is 0 Å². The lowest BCUT2D eigenvalue weighted by atomic mass is 10.1. The Morgan fingerprint density at radius 1 is 1.38 bits per heavy atom. The summed E-state index contributed by atoms with van der Waals surface area (Å²) in [5, 5.41) is 0. The second kappa shape index (κ2) is 3.90. The third kappa shape index (κ3) is 1.61. The van der Waals surface area contributed by atoms with Crippen LogP contribution >= 0.6 is 0 Å². The molecule has 1 N–H and O–H groups in total. The molecule has 0 radical (unpaired) electrons. The predicted octanol–water partition coefficient (Wildman–Crippen LogP) is 0.0543. The highest BCUT2D eigenvalue weighted by molar-refractivity contribution is 5.36. The van der Waals surface area contributed by atoms with Gasteiger partial charge in [-0.1, -0.05) is 0 Å². The van der Waals surface area contributed by atoms with Gasteiger partial charge in [0.2, 0.25) is 0 Å². The summed E-state index contributed by atoms with van der Waals surface area (Å²) in [6.45, 7) is 4.13. The minimum absolute atomic E-state index is 0.0750. The maximum Gasteiger partial charge on any atom is 0.290 e. The number of aromatic amines is 1. The smallest absolute Gasteiger partial charge is 0.290 e. The summed E-state index contributed by atoms with van der Waals surface area (Å²) in [5.41, 5.74) is -0.0750. The van der Waals surface area contributed by atoms with E-state index in [0.717, 1.165) is 19.6 Å². The summed E-state index contributed by atoms with van der Waals surface area (Å²) < 4.78 is 0. The van der Waals surface area contributed by atoms with E-state index in [0.29, 0.717) is 11.9 Å². The standard InChI is InChI=1S/C11H16N4O/c16-11-10(12-3-4-13-11)15-7-6-14-5-1-2-9(14)8-15/h3-4,9H,1-2,5-8H2,(H,13,16). The molecular formula is C11H16N4O. The highest BCUT2D eigenvalue weighted by Gasteiger charge is 2.31. The molecule has 5 nitrogen and oxygen atoms in total. The third-order valence-corrected chi connectivity index (χ3v) is 3.58.